The van der Waals surface area contributed by atoms with E-state index in [2.05, 4.69) is 9.84 Å². The first-order valence-electron chi connectivity index (χ1n) is 12.4. The lowest BCUT2D eigenvalue weighted by atomic mass is 10.1. The molecule has 2 aromatic carbocycles. The second-order valence-corrected chi connectivity index (χ2v) is 9.36. The zero-order chi connectivity index (χ0) is 28.3. The summed E-state index contributed by atoms with van der Waals surface area (Å²) in [5.41, 5.74) is 3.47. The second-order valence-electron chi connectivity index (χ2n) is 9.36. The van der Waals surface area contributed by atoms with Crippen LogP contribution < -0.4 is 14.2 Å². The average molecular weight is 544 g/mol. The molecule has 0 aliphatic heterocycles. The summed E-state index contributed by atoms with van der Waals surface area (Å²) in [5, 5.41) is 4.52. The van der Waals surface area contributed by atoms with Crippen LogP contribution in [0, 0.1) is 6.92 Å². The fourth-order valence-corrected chi connectivity index (χ4v) is 4.31. The highest BCUT2D eigenvalue weighted by Crippen LogP contribution is 2.40. The molecule has 39 heavy (non-hydrogen) atoms. The van der Waals surface area contributed by atoms with Crippen LogP contribution in [0.1, 0.15) is 51.6 Å². The highest BCUT2D eigenvalue weighted by molar-refractivity contribution is 5.92. The number of hydrogen-bond donors (Lipinski definition) is 0. The molecule has 1 aliphatic carbocycles. The van der Waals surface area contributed by atoms with Crippen molar-refractivity contribution in [1.29, 1.82) is 0 Å². The van der Waals surface area contributed by atoms with Gasteiger partial charge in [-0.15, -0.1) is 0 Å². The van der Waals surface area contributed by atoms with Gasteiger partial charge in [0.05, 0.1) is 33.6 Å². The zero-order valence-electron chi connectivity index (χ0n) is 22.5. The average Bonchev–Trinajstić information content (AvgIpc) is 3.69. The Bertz CT molecular complexity index is 1370. The molecular weight excluding hydrogens is 512 g/mol. The fraction of sp³-hybridized carbons (Fsp3) is 0.393. The minimum absolute atomic E-state index is 0.00157. The molecule has 0 radical (unpaired) electrons. The van der Waals surface area contributed by atoms with Crippen LogP contribution in [0.2, 0.25) is 0 Å². The number of nitrogens with zero attached hydrogens (tertiary/aromatic N) is 3. The molecule has 1 heterocycles. The van der Waals surface area contributed by atoms with Gasteiger partial charge in [0, 0.05) is 25.1 Å². The highest BCUT2D eigenvalue weighted by Gasteiger charge is 2.44. The van der Waals surface area contributed by atoms with E-state index in [0.717, 1.165) is 36.8 Å². The molecule has 4 rings (SSSR count). The number of hydrogen-bond acceptors (Lipinski definition) is 7. The Labute approximate surface area is 225 Å². The Morgan fingerprint density at radius 3 is 2.38 bits per heavy atom. The topological polar surface area (TPSA) is 92.1 Å². The SMILES string of the molecule is COC(=O)C(F)(F)Oc1cccc(CN(Cc2ccc(OC)cc2C)C(=O)c2cc(C3CC3)nn2C)c1OC. The van der Waals surface area contributed by atoms with E-state index in [9.17, 15) is 18.4 Å². The molecule has 1 fully saturated rings. The third-order valence-corrected chi connectivity index (χ3v) is 6.60. The number of aryl methyl sites for hydroxylation is 2. The molecule has 0 atom stereocenters. The van der Waals surface area contributed by atoms with Crippen LogP contribution >= 0.6 is 0 Å². The van der Waals surface area contributed by atoms with E-state index in [-0.39, 0.29) is 30.5 Å². The molecule has 1 aliphatic rings. The van der Waals surface area contributed by atoms with E-state index in [1.165, 1.54) is 19.2 Å². The van der Waals surface area contributed by atoms with Crippen LogP contribution in [0.5, 0.6) is 17.2 Å². The predicted octanol–water partition coefficient (Wildman–Crippen LogP) is 4.61. The minimum Gasteiger partial charge on any atom is -0.497 e. The molecule has 0 N–H and O–H groups in total. The number of halogens is 2. The molecule has 11 heteroatoms. The lowest BCUT2D eigenvalue weighted by Crippen LogP contribution is -2.36. The van der Waals surface area contributed by atoms with Crippen molar-refractivity contribution in [2.45, 2.75) is 44.9 Å². The van der Waals surface area contributed by atoms with Gasteiger partial charge in [-0.25, -0.2) is 4.79 Å². The molecule has 0 bridgehead atoms. The molecule has 1 amide bonds. The van der Waals surface area contributed by atoms with Crippen molar-refractivity contribution < 1.29 is 37.3 Å². The van der Waals surface area contributed by atoms with Gasteiger partial charge < -0.3 is 23.8 Å². The summed E-state index contributed by atoms with van der Waals surface area (Å²) in [5.74, 6) is -1.48. The Kier molecular flexibility index (Phi) is 8.08. The molecule has 3 aromatic rings. The number of alkyl halides is 2. The molecule has 0 saturated heterocycles. The molecule has 208 valence electrons. The first-order valence-corrected chi connectivity index (χ1v) is 12.4. The standard InChI is InChI=1S/C28H31F2N3O6/c1-17-13-21(36-3)12-11-19(17)15-33(26(34)23-14-22(18-9-10-18)31-32(23)2)16-20-7-6-8-24(25(20)37-4)39-28(29,30)27(35)38-5/h6-8,11-14,18H,9-10,15-16H2,1-5H3. The number of carbonyl (C=O) groups is 2. The van der Waals surface area contributed by atoms with Crippen LogP contribution in [-0.4, -0.2) is 54.0 Å². The van der Waals surface area contributed by atoms with Gasteiger partial charge in [-0.2, -0.15) is 13.9 Å². The van der Waals surface area contributed by atoms with E-state index in [4.69, 9.17) is 14.2 Å². The molecular formula is C28H31F2N3O6. The number of para-hydroxylation sites is 1. The molecule has 1 saturated carbocycles. The maximum atomic E-state index is 14.2. The molecule has 1 aromatic heterocycles. The van der Waals surface area contributed by atoms with Gasteiger partial charge >= 0.3 is 12.1 Å². The van der Waals surface area contributed by atoms with Crippen molar-refractivity contribution in [2.24, 2.45) is 7.05 Å². The Morgan fingerprint density at radius 1 is 1.05 bits per heavy atom. The summed E-state index contributed by atoms with van der Waals surface area (Å²) in [7, 11) is 5.44. The van der Waals surface area contributed by atoms with Gasteiger partial charge in [0.2, 0.25) is 0 Å². The Hall–Kier alpha value is -4.15. The van der Waals surface area contributed by atoms with Gasteiger partial charge in [0.25, 0.3) is 5.91 Å². The number of amides is 1. The van der Waals surface area contributed by atoms with Crippen LogP contribution in [-0.2, 0) is 29.7 Å². The zero-order valence-corrected chi connectivity index (χ0v) is 22.5. The van der Waals surface area contributed by atoms with E-state index < -0.39 is 12.1 Å². The third-order valence-electron chi connectivity index (χ3n) is 6.60. The van der Waals surface area contributed by atoms with E-state index >= 15 is 0 Å². The molecule has 9 nitrogen and oxygen atoms in total. The normalized spacial score (nSPS) is 13.1. The monoisotopic (exact) mass is 543 g/mol. The summed E-state index contributed by atoms with van der Waals surface area (Å²) >= 11 is 0. The van der Waals surface area contributed by atoms with Crippen molar-refractivity contribution >= 4 is 11.9 Å². The summed E-state index contributed by atoms with van der Waals surface area (Å²) in [6, 6.07) is 11.7. The van der Waals surface area contributed by atoms with Gasteiger partial charge in [0.1, 0.15) is 11.4 Å². The number of esters is 1. The highest BCUT2D eigenvalue weighted by atomic mass is 19.3. The van der Waals surface area contributed by atoms with E-state index in [1.54, 1.807) is 29.8 Å². The number of rotatable bonds is 11. The summed E-state index contributed by atoms with van der Waals surface area (Å²) in [6.45, 7) is 2.13. The largest absolute Gasteiger partial charge is 0.502 e. The molecule has 0 spiro atoms. The van der Waals surface area contributed by atoms with Crippen LogP contribution in [0.25, 0.3) is 0 Å². The van der Waals surface area contributed by atoms with Gasteiger partial charge in [0.15, 0.2) is 11.5 Å². The maximum absolute atomic E-state index is 14.2. The van der Waals surface area contributed by atoms with Crippen LogP contribution in [0.3, 0.4) is 0 Å². The second kappa shape index (κ2) is 11.3. The summed E-state index contributed by atoms with van der Waals surface area (Å²) in [6.07, 6.45) is -2.15. The van der Waals surface area contributed by atoms with Crippen LogP contribution in [0.4, 0.5) is 8.78 Å². The van der Waals surface area contributed by atoms with Crippen LogP contribution in [0.15, 0.2) is 42.5 Å². The number of aromatic nitrogens is 2. The van der Waals surface area contributed by atoms with E-state index in [1.807, 2.05) is 31.2 Å². The van der Waals surface area contributed by atoms with Gasteiger partial charge in [-0.3, -0.25) is 9.48 Å². The van der Waals surface area contributed by atoms with Crippen molar-refractivity contribution in [3.8, 4) is 17.2 Å². The smallest absolute Gasteiger partial charge is 0.497 e. The van der Waals surface area contributed by atoms with Crippen molar-refractivity contribution in [3.05, 3.63) is 70.5 Å². The quantitative estimate of drug-likeness (QED) is 0.326. The fourth-order valence-electron chi connectivity index (χ4n) is 4.31. The summed E-state index contributed by atoms with van der Waals surface area (Å²) in [4.78, 5) is 27.0. The number of carbonyl (C=O) groups excluding carboxylic acids is 2. The molecule has 0 unspecified atom stereocenters. The predicted molar refractivity (Wildman–Crippen MR) is 137 cm³/mol. The minimum atomic E-state index is -4.23. The first kappa shape index (κ1) is 27.9. The number of benzene rings is 2. The van der Waals surface area contributed by atoms with E-state index in [0.29, 0.717) is 22.9 Å². The third kappa shape index (κ3) is 6.13. The first-order chi connectivity index (χ1) is 18.6. The van der Waals surface area contributed by atoms with Crippen molar-refractivity contribution in [2.75, 3.05) is 21.3 Å². The number of ether oxygens (including phenoxy) is 4. The van der Waals surface area contributed by atoms with Gasteiger partial charge in [-0.05, 0) is 55.2 Å². The lowest BCUT2D eigenvalue weighted by molar-refractivity contribution is -0.214. The summed E-state index contributed by atoms with van der Waals surface area (Å²) < 4.78 is 49.6. The van der Waals surface area contributed by atoms with Crippen molar-refractivity contribution in [1.82, 2.24) is 14.7 Å². The maximum Gasteiger partial charge on any atom is 0.502 e. The van der Waals surface area contributed by atoms with Gasteiger partial charge in [-0.1, -0.05) is 18.2 Å². The Balaban J connectivity index is 1.70. The van der Waals surface area contributed by atoms with Crippen molar-refractivity contribution in [3.63, 3.8) is 0 Å². The number of methoxy groups -OCH3 is 3. The lowest BCUT2D eigenvalue weighted by Gasteiger charge is -2.26. The Morgan fingerprint density at radius 2 is 1.77 bits per heavy atom.